The summed E-state index contributed by atoms with van der Waals surface area (Å²) < 4.78 is 7.66. The number of aryl methyl sites for hydroxylation is 1. The highest BCUT2D eigenvalue weighted by atomic mass is 127. The summed E-state index contributed by atoms with van der Waals surface area (Å²) in [4.78, 5) is 0. The van der Waals surface area contributed by atoms with E-state index in [9.17, 15) is 0 Å². The van der Waals surface area contributed by atoms with Gasteiger partial charge in [0, 0.05) is 10.8 Å². The molecular weight excluding hydrogens is 375 g/mol. The molecule has 0 aliphatic rings. The van der Waals surface area contributed by atoms with Gasteiger partial charge in [0.1, 0.15) is 18.6 Å². The van der Waals surface area contributed by atoms with Crippen LogP contribution in [0.25, 0.3) is 10.8 Å². The van der Waals surface area contributed by atoms with Crippen molar-refractivity contribution in [1.82, 2.24) is 5.10 Å². The fourth-order valence-electron chi connectivity index (χ4n) is 2.16. The smallest absolute Gasteiger partial charge is 0.207 e. The van der Waals surface area contributed by atoms with Crippen molar-refractivity contribution in [2.24, 2.45) is 0 Å². The van der Waals surface area contributed by atoms with Crippen LogP contribution in [0.1, 0.15) is 5.56 Å². The monoisotopic (exact) mass is 392 g/mol. The van der Waals surface area contributed by atoms with Crippen LogP contribution < -0.4 is 33.4 Å². The largest absolute Gasteiger partial charge is 1.00 e. The third kappa shape index (κ3) is 4.14. The van der Waals surface area contributed by atoms with Gasteiger partial charge in [0.25, 0.3) is 0 Å². The quantitative estimate of drug-likeness (QED) is 0.459. The number of fused-ring (bicyclic) bond motifs is 1. The van der Waals surface area contributed by atoms with Gasteiger partial charge in [-0.1, -0.05) is 35.0 Å². The van der Waals surface area contributed by atoms with E-state index in [0.29, 0.717) is 6.61 Å². The molecule has 1 heterocycles. The maximum Gasteiger partial charge on any atom is 0.207 e. The lowest BCUT2D eigenvalue weighted by Crippen LogP contribution is -3.00. The van der Waals surface area contributed by atoms with Crippen LogP contribution in [0.2, 0.25) is 0 Å². The Morgan fingerprint density at radius 1 is 1.05 bits per heavy atom. The highest BCUT2D eigenvalue weighted by molar-refractivity contribution is 5.79. The van der Waals surface area contributed by atoms with E-state index in [1.165, 1.54) is 10.9 Å². The Balaban J connectivity index is 0.00000161. The number of halogens is 1. The third-order valence-electron chi connectivity index (χ3n) is 3.21. The molecule has 1 aromatic heterocycles. The number of rotatable bonds is 4. The second kappa shape index (κ2) is 7.36. The lowest BCUT2D eigenvalue weighted by molar-refractivity contribution is -0.752. The predicted molar refractivity (Wildman–Crippen MR) is 78.6 cm³/mol. The molecule has 3 aromatic rings. The minimum Gasteiger partial charge on any atom is -1.00 e. The molecule has 0 fully saturated rings. The predicted octanol–water partition coefficient (Wildman–Crippen LogP) is -0.0863. The van der Waals surface area contributed by atoms with Gasteiger partial charge in [0.15, 0.2) is 0 Å². The van der Waals surface area contributed by atoms with E-state index in [2.05, 4.69) is 36.4 Å². The summed E-state index contributed by atoms with van der Waals surface area (Å²) in [6, 6.07) is 16.3. The van der Waals surface area contributed by atoms with Gasteiger partial charge in [0.05, 0.1) is 0 Å². The molecule has 0 atom stereocenters. The van der Waals surface area contributed by atoms with Gasteiger partial charge in [-0.15, -0.1) is 0 Å². The Bertz CT molecular complexity index is 731. The standard InChI is InChI=1S/C17H17N2O.HI/c1-14-5-4-8-17(11-14)20-10-9-19-13-16-7-3-2-6-15(16)12-18-19;/h2-8,11-13H,9-10H2,1H3;1H/q+1;/p-1. The summed E-state index contributed by atoms with van der Waals surface area (Å²) in [5.74, 6) is 0.909. The van der Waals surface area contributed by atoms with Crippen LogP contribution in [-0.4, -0.2) is 11.7 Å². The highest BCUT2D eigenvalue weighted by Crippen LogP contribution is 2.12. The van der Waals surface area contributed by atoms with E-state index in [0.717, 1.165) is 17.7 Å². The second-order valence-corrected chi connectivity index (χ2v) is 4.83. The average Bonchev–Trinajstić information content (AvgIpc) is 2.47. The first-order valence-electron chi connectivity index (χ1n) is 6.75. The van der Waals surface area contributed by atoms with Crippen molar-refractivity contribution in [1.29, 1.82) is 0 Å². The fraction of sp³-hybridized carbons (Fsp3) is 0.176. The zero-order valence-corrected chi connectivity index (χ0v) is 14.0. The van der Waals surface area contributed by atoms with Crippen LogP contribution in [0.4, 0.5) is 0 Å². The van der Waals surface area contributed by atoms with E-state index in [4.69, 9.17) is 4.74 Å². The molecule has 0 aliphatic heterocycles. The van der Waals surface area contributed by atoms with Crippen LogP contribution in [0.5, 0.6) is 5.75 Å². The Hall–Kier alpha value is -1.69. The molecule has 0 N–H and O–H groups in total. The first-order chi connectivity index (χ1) is 9.81. The summed E-state index contributed by atoms with van der Waals surface area (Å²) in [5.41, 5.74) is 1.21. The van der Waals surface area contributed by atoms with Gasteiger partial charge < -0.3 is 28.7 Å². The maximum atomic E-state index is 5.74. The van der Waals surface area contributed by atoms with Crippen molar-refractivity contribution in [2.45, 2.75) is 13.5 Å². The van der Waals surface area contributed by atoms with E-state index in [1.807, 2.05) is 41.2 Å². The van der Waals surface area contributed by atoms with Gasteiger partial charge in [0.2, 0.25) is 12.7 Å². The molecule has 3 nitrogen and oxygen atoms in total. The Labute approximate surface area is 141 Å². The van der Waals surface area contributed by atoms with Crippen LogP contribution in [0.3, 0.4) is 0 Å². The Morgan fingerprint density at radius 3 is 2.67 bits per heavy atom. The normalized spacial score (nSPS) is 10.1. The summed E-state index contributed by atoms with van der Waals surface area (Å²) in [7, 11) is 0. The summed E-state index contributed by atoms with van der Waals surface area (Å²) in [5, 5.41) is 6.74. The van der Waals surface area contributed by atoms with E-state index in [1.54, 1.807) is 0 Å². The maximum absolute atomic E-state index is 5.74. The molecule has 0 saturated carbocycles. The minimum absolute atomic E-state index is 0. The van der Waals surface area contributed by atoms with Crippen molar-refractivity contribution < 1.29 is 33.4 Å². The first kappa shape index (κ1) is 15.7. The molecule has 0 amide bonds. The van der Waals surface area contributed by atoms with E-state index >= 15 is 0 Å². The average molecular weight is 392 g/mol. The molecular formula is C17H17IN2O. The van der Waals surface area contributed by atoms with Crippen LogP contribution in [0.15, 0.2) is 60.9 Å². The number of benzene rings is 2. The zero-order chi connectivity index (χ0) is 13.8. The van der Waals surface area contributed by atoms with Crippen LogP contribution in [0, 0.1) is 6.92 Å². The number of aromatic nitrogens is 2. The highest BCUT2D eigenvalue weighted by Gasteiger charge is 2.05. The molecule has 0 radical (unpaired) electrons. The molecule has 0 unspecified atom stereocenters. The molecule has 108 valence electrons. The van der Waals surface area contributed by atoms with Gasteiger partial charge in [-0.2, -0.15) is 0 Å². The van der Waals surface area contributed by atoms with E-state index in [-0.39, 0.29) is 24.0 Å². The number of ether oxygens (including phenoxy) is 1. The topological polar surface area (TPSA) is 26.0 Å². The van der Waals surface area contributed by atoms with Gasteiger partial charge in [-0.05, 0) is 35.8 Å². The Morgan fingerprint density at radius 2 is 1.86 bits per heavy atom. The Kier molecular flexibility index (Phi) is 5.50. The van der Waals surface area contributed by atoms with Crippen molar-refractivity contribution in [3.05, 3.63) is 66.5 Å². The minimum atomic E-state index is 0. The third-order valence-corrected chi connectivity index (χ3v) is 3.21. The van der Waals surface area contributed by atoms with Gasteiger partial charge >= 0.3 is 0 Å². The van der Waals surface area contributed by atoms with Crippen molar-refractivity contribution in [3.8, 4) is 5.75 Å². The van der Waals surface area contributed by atoms with Gasteiger partial charge in [-0.25, -0.2) is 0 Å². The molecule has 0 bridgehead atoms. The van der Waals surface area contributed by atoms with Gasteiger partial charge in [-0.3, -0.25) is 0 Å². The number of hydrogen-bond acceptors (Lipinski definition) is 2. The first-order valence-corrected chi connectivity index (χ1v) is 6.75. The zero-order valence-electron chi connectivity index (χ0n) is 11.9. The number of nitrogens with zero attached hydrogens (tertiary/aromatic N) is 2. The van der Waals surface area contributed by atoms with E-state index < -0.39 is 0 Å². The molecule has 2 aromatic carbocycles. The van der Waals surface area contributed by atoms with Crippen LogP contribution in [-0.2, 0) is 6.54 Å². The molecule has 21 heavy (non-hydrogen) atoms. The fourth-order valence-corrected chi connectivity index (χ4v) is 2.16. The number of hydrogen-bond donors (Lipinski definition) is 0. The molecule has 0 saturated heterocycles. The molecule has 0 spiro atoms. The SMILES string of the molecule is Cc1cccc(OCC[n+]2cc3ccccc3cn2)c1.[I-]. The van der Waals surface area contributed by atoms with Crippen molar-refractivity contribution in [2.75, 3.05) is 6.61 Å². The summed E-state index contributed by atoms with van der Waals surface area (Å²) in [6.07, 6.45) is 3.94. The molecule has 4 heteroatoms. The lowest BCUT2D eigenvalue weighted by atomic mass is 10.2. The second-order valence-electron chi connectivity index (χ2n) is 4.83. The lowest BCUT2D eigenvalue weighted by Gasteiger charge is -2.04. The summed E-state index contributed by atoms with van der Waals surface area (Å²) in [6.45, 7) is 3.41. The molecule has 3 rings (SSSR count). The van der Waals surface area contributed by atoms with Crippen molar-refractivity contribution >= 4 is 10.8 Å². The summed E-state index contributed by atoms with van der Waals surface area (Å²) >= 11 is 0. The van der Waals surface area contributed by atoms with Crippen LogP contribution >= 0.6 is 0 Å². The van der Waals surface area contributed by atoms with Crippen molar-refractivity contribution in [3.63, 3.8) is 0 Å². The molecule has 0 aliphatic carbocycles.